The molecular formula is C20H24N2O4S. The van der Waals surface area contributed by atoms with Crippen molar-refractivity contribution in [2.45, 2.75) is 25.3 Å². The lowest BCUT2D eigenvalue weighted by Crippen LogP contribution is -2.42. The molecule has 0 heterocycles. The molecule has 0 bridgehead atoms. The maximum Gasteiger partial charge on any atom is 0.241 e. The third-order valence-electron chi connectivity index (χ3n) is 4.73. The summed E-state index contributed by atoms with van der Waals surface area (Å²) in [5.74, 6) is 0.202. The number of aryl methyl sites for hydroxylation is 1. The predicted molar refractivity (Wildman–Crippen MR) is 105 cm³/mol. The standard InChI is InChI=1S/C20H24N2O4S/c1-26-17-10-6-9-16(13-17)22(27(2,24)25)14-20(23)21-19-12-5-8-15-7-3-4-11-18(15)19/h3-4,6-7,9-11,13,19H,5,8,12,14H2,1-2H3,(H,21,23)/t19-/m1/s1. The van der Waals surface area contributed by atoms with Crippen molar-refractivity contribution in [3.8, 4) is 5.75 Å². The van der Waals surface area contributed by atoms with E-state index in [2.05, 4.69) is 11.4 Å². The topological polar surface area (TPSA) is 75.7 Å². The lowest BCUT2D eigenvalue weighted by atomic mass is 9.88. The molecule has 6 nitrogen and oxygen atoms in total. The molecule has 7 heteroatoms. The zero-order valence-corrected chi connectivity index (χ0v) is 16.3. The van der Waals surface area contributed by atoms with Crippen LogP contribution in [-0.4, -0.2) is 34.2 Å². The van der Waals surface area contributed by atoms with Gasteiger partial charge < -0.3 is 10.1 Å². The van der Waals surface area contributed by atoms with Crippen molar-refractivity contribution in [3.63, 3.8) is 0 Å². The third kappa shape index (κ3) is 4.60. The van der Waals surface area contributed by atoms with Crippen molar-refractivity contribution in [1.82, 2.24) is 5.32 Å². The summed E-state index contributed by atoms with van der Waals surface area (Å²) in [5.41, 5.74) is 2.75. The number of hydrogen-bond donors (Lipinski definition) is 1. The van der Waals surface area contributed by atoms with Crippen LogP contribution in [0.4, 0.5) is 5.69 Å². The molecule has 3 rings (SSSR count). The summed E-state index contributed by atoms with van der Waals surface area (Å²) >= 11 is 0. The van der Waals surface area contributed by atoms with Crippen LogP contribution in [0.5, 0.6) is 5.75 Å². The molecule has 2 aromatic carbocycles. The number of ether oxygens (including phenoxy) is 1. The van der Waals surface area contributed by atoms with Gasteiger partial charge in [0, 0.05) is 6.07 Å². The molecule has 1 aliphatic rings. The Kier molecular flexibility index (Phi) is 5.70. The molecule has 0 aromatic heterocycles. The largest absolute Gasteiger partial charge is 0.497 e. The maximum atomic E-state index is 12.7. The molecule has 1 amide bonds. The summed E-state index contributed by atoms with van der Waals surface area (Å²) in [5, 5.41) is 3.00. The van der Waals surface area contributed by atoms with Gasteiger partial charge >= 0.3 is 0 Å². The monoisotopic (exact) mass is 388 g/mol. The third-order valence-corrected chi connectivity index (χ3v) is 5.87. The highest BCUT2D eigenvalue weighted by Gasteiger charge is 2.25. The van der Waals surface area contributed by atoms with E-state index in [0.717, 1.165) is 35.4 Å². The highest BCUT2D eigenvalue weighted by Crippen LogP contribution is 2.29. The SMILES string of the molecule is COc1cccc(N(CC(=O)N[C@@H]2CCCc3ccccc32)S(C)(=O)=O)c1. The number of rotatable bonds is 6. The van der Waals surface area contributed by atoms with Crippen LogP contribution in [0.3, 0.4) is 0 Å². The summed E-state index contributed by atoms with van der Waals surface area (Å²) in [7, 11) is -2.11. The molecule has 0 saturated heterocycles. The number of benzene rings is 2. The van der Waals surface area contributed by atoms with Crippen molar-refractivity contribution in [2.75, 3.05) is 24.2 Å². The minimum Gasteiger partial charge on any atom is -0.497 e. The summed E-state index contributed by atoms with van der Waals surface area (Å²) in [6.07, 6.45) is 3.94. The Hall–Kier alpha value is -2.54. The van der Waals surface area contributed by atoms with Gasteiger partial charge in [0.15, 0.2) is 0 Å². The molecule has 0 spiro atoms. The van der Waals surface area contributed by atoms with Crippen molar-refractivity contribution in [3.05, 3.63) is 59.7 Å². The van der Waals surface area contributed by atoms with E-state index in [9.17, 15) is 13.2 Å². The highest BCUT2D eigenvalue weighted by atomic mass is 32.2. The van der Waals surface area contributed by atoms with Crippen molar-refractivity contribution in [1.29, 1.82) is 0 Å². The van der Waals surface area contributed by atoms with Gasteiger partial charge in [0.05, 0.1) is 25.1 Å². The van der Waals surface area contributed by atoms with Gasteiger partial charge in [-0.1, -0.05) is 30.3 Å². The van der Waals surface area contributed by atoms with Crippen molar-refractivity contribution in [2.24, 2.45) is 0 Å². The van der Waals surface area contributed by atoms with E-state index in [-0.39, 0.29) is 18.5 Å². The number of hydrogen-bond acceptors (Lipinski definition) is 4. The first-order valence-corrected chi connectivity index (χ1v) is 10.7. The fourth-order valence-corrected chi connectivity index (χ4v) is 4.29. The number of sulfonamides is 1. The van der Waals surface area contributed by atoms with E-state index in [1.165, 1.54) is 12.7 Å². The molecule has 0 fully saturated rings. The van der Waals surface area contributed by atoms with Crippen LogP contribution in [-0.2, 0) is 21.2 Å². The van der Waals surface area contributed by atoms with E-state index in [0.29, 0.717) is 11.4 Å². The Morgan fingerprint density at radius 1 is 1.22 bits per heavy atom. The summed E-state index contributed by atoms with van der Waals surface area (Å²) in [6.45, 7) is -0.273. The molecule has 0 aliphatic heterocycles. The van der Waals surface area contributed by atoms with Crippen molar-refractivity contribution < 1.29 is 17.9 Å². The van der Waals surface area contributed by atoms with Gasteiger partial charge in [-0.2, -0.15) is 0 Å². The zero-order valence-electron chi connectivity index (χ0n) is 15.5. The van der Waals surface area contributed by atoms with Crippen LogP contribution in [0, 0.1) is 0 Å². The zero-order chi connectivity index (χ0) is 19.4. The second-order valence-electron chi connectivity index (χ2n) is 6.68. The Morgan fingerprint density at radius 2 is 2.00 bits per heavy atom. The normalized spacial score (nSPS) is 16.3. The molecular weight excluding hydrogens is 364 g/mol. The lowest BCUT2D eigenvalue weighted by molar-refractivity contribution is -0.120. The number of amides is 1. The number of methoxy groups -OCH3 is 1. The molecule has 2 aromatic rings. The molecule has 0 radical (unpaired) electrons. The molecule has 0 unspecified atom stereocenters. The molecule has 1 atom stereocenters. The van der Waals surface area contributed by atoms with E-state index < -0.39 is 10.0 Å². The summed E-state index contributed by atoms with van der Waals surface area (Å²) in [4.78, 5) is 12.7. The summed E-state index contributed by atoms with van der Waals surface area (Å²) in [6, 6.07) is 14.6. The van der Waals surface area contributed by atoms with Gasteiger partial charge in [-0.15, -0.1) is 0 Å². The smallest absolute Gasteiger partial charge is 0.241 e. The first-order chi connectivity index (χ1) is 12.9. The second kappa shape index (κ2) is 8.00. The van der Waals surface area contributed by atoms with Gasteiger partial charge in [-0.05, 0) is 42.5 Å². The van der Waals surface area contributed by atoms with Crippen LogP contribution >= 0.6 is 0 Å². The van der Waals surface area contributed by atoms with Gasteiger partial charge in [0.1, 0.15) is 12.3 Å². The number of nitrogens with one attached hydrogen (secondary N) is 1. The Morgan fingerprint density at radius 3 is 2.74 bits per heavy atom. The Bertz CT molecular complexity index is 927. The quantitative estimate of drug-likeness (QED) is 0.825. The van der Waals surface area contributed by atoms with Crippen LogP contribution < -0.4 is 14.4 Å². The second-order valence-corrected chi connectivity index (χ2v) is 8.59. The van der Waals surface area contributed by atoms with Crippen LogP contribution in [0.1, 0.15) is 30.0 Å². The minimum atomic E-state index is -3.62. The number of fused-ring (bicyclic) bond motifs is 1. The molecule has 144 valence electrons. The van der Waals surface area contributed by atoms with E-state index in [4.69, 9.17) is 4.74 Å². The molecule has 1 N–H and O–H groups in total. The Balaban J connectivity index is 1.78. The average molecular weight is 388 g/mol. The fourth-order valence-electron chi connectivity index (χ4n) is 3.44. The molecule has 0 saturated carbocycles. The lowest BCUT2D eigenvalue weighted by Gasteiger charge is -2.28. The van der Waals surface area contributed by atoms with Gasteiger partial charge in [-0.3, -0.25) is 9.10 Å². The number of carbonyl (C=O) groups excluding carboxylic acids is 1. The van der Waals surface area contributed by atoms with E-state index in [1.54, 1.807) is 24.3 Å². The van der Waals surface area contributed by atoms with Crippen LogP contribution in [0.15, 0.2) is 48.5 Å². The van der Waals surface area contributed by atoms with Crippen LogP contribution in [0.2, 0.25) is 0 Å². The maximum absolute atomic E-state index is 12.7. The van der Waals surface area contributed by atoms with E-state index >= 15 is 0 Å². The average Bonchev–Trinajstić information content (AvgIpc) is 2.65. The van der Waals surface area contributed by atoms with Crippen LogP contribution in [0.25, 0.3) is 0 Å². The first kappa shape index (κ1) is 19.2. The first-order valence-electron chi connectivity index (χ1n) is 8.87. The molecule has 1 aliphatic carbocycles. The number of carbonyl (C=O) groups is 1. The fraction of sp³-hybridized carbons (Fsp3) is 0.350. The number of nitrogens with zero attached hydrogens (tertiary/aromatic N) is 1. The predicted octanol–water partition coefficient (Wildman–Crippen LogP) is 2.66. The Labute approximate surface area is 160 Å². The minimum absolute atomic E-state index is 0.0887. The molecule has 27 heavy (non-hydrogen) atoms. The van der Waals surface area contributed by atoms with Crippen molar-refractivity contribution >= 4 is 21.6 Å². The van der Waals surface area contributed by atoms with Gasteiger partial charge in [0.2, 0.25) is 15.9 Å². The van der Waals surface area contributed by atoms with Gasteiger partial charge in [-0.25, -0.2) is 8.42 Å². The van der Waals surface area contributed by atoms with E-state index in [1.807, 2.05) is 18.2 Å². The summed E-state index contributed by atoms with van der Waals surface area (Å²) < 4.78 is 30.8. The highest BCUT2D eigenvalue weighted by molar-refractivity contribution is 7.92. The number of anilines is 1. The van der Waals surface area contributed by atoms with Gasteiger partial charge in [0.25, 0.3) is 0 Å².